The van der Waals surface area contributed by atoms with E-state index in [4.69, 9.17) is 4.74 Å². The molecule has 0 saturated carbocycles. The van der Waals surface area contributed by atoms with E-state index in [1.807, 2.05) is 30.3 Å². The minimum Gasteiger partial charge on any atom is -0.465 e. The molecule has 0 aliphatic rings. The highest BCUT2D eigenvalue weighted by Crippen LogP contribution is 2.21. The molecule has 1 amide bonds. The highest BCUT2D eigenvalue weighted by Gasteiger charge is 2.14. The van der Waals surface area contributed by atoms with E-state index in [0.29, 0.717) is 22.7 Å². The minimum absolute atomic E-state index is 0.0997. The van der Waals surface area contributed by atoms with Crippen LogP contribution >= 0.6 is 0 Å². The van der Waals surface area contributed by atoms with Crippen LogP contribution in [0.1, 0.15) is 47.7 Å². The highest BCUT2D eigenvalue weighted by molar-refractivity contribution is 6.10. The number of hydrogen-bond donors (Lipinski definition) is 1. The Balaban J connectivity index is 2.23. The smallest absolute Gasteiger partial charge is 0.338 e. The molecule has 5 nitrogen and oxygen atoms in total. The van der Waals surface area contributed by atoms with E-state index in [9.17, 15) is 14.9 Å². The fourth-order valence-corrected chi connectivity index (χ4v) is 2.55. The average molecular weight is 362 g/mol. The van der Waals surface area contributed by atoms with E-state index in [2.05, 4.69) is 19.2 Å². The summed E-state index contributed by atoms with van der Waals surface area (Å²) in [5.74, 6) is -0.618. The maximum atomic E-state index is 12.5. The van der Waals surface area contributed by atoms with Crippen molar-refractivity contribution in [2.24, 2.45) is 0 Å². The Morgan fingerprint density at radius 3 is 2.44 bits per heavy atom. The van der Waals surface area contributed by atoms with Crippen molar-refractivity contribution in [1.29, 1.82) is 5.26 Å². The number of nitrogens with one attached hydrogen (secondary N) is 1. The van der Waals surface area contributed by atoms with Gasteiger partial charge in [0.1, 0.15) is 11.6 Å². The quantitative estimate of drug-likeness (QED) is 0.465. The SMILES string of the molecule is CC[C@H](C)c1ccc(NC(=O)/C(C#N)=C/c2ccccc2C(=O)OC)cc1. The first-order valence-electron chi connectivity index (χ1n) is 8.70. The maximum Gasteiger partial charge on any atom is 0.338 e. The van der Waals surface area contributed by atoms with Gasteiger partial charge in [-0.15, -0.1) is 0 Å². The third-order valence-electron chi connectivity index (χ3n) is 4.38. The fraction of sp³-hybridized carbons (Fsp3) is 0.227. The second-order valence-corrected chi connectivity index (χ2v) is 6.13. The lowest BCUT2D eigenvalue weighted by molar-refractivity contribution is -0.112. The van der Waals surface area contributed by atoms with Crippen molar-refractivity contribution in [3.63, 3.8) is 0 Å². The summed E-state index contributed by atoms with van der Waals surface area (Å²) in [5.41, 5.74) is 2.44. The van der Waals surface area contributed by atoms with Gasteiger partial charge in [-0.1, -0.05) is 44.2 Å². The predicted molar refractivity (Wildman–Crippen MR) is 105 cm³/mol. The molecule has 0 spiro atoms. The van der Waals surface area contributed by atoms with Gasteiger partial charge in [0.25, 0.3) is 5.91 Å². The maximum absolute atomic E-state index is 12.5. The number of anilines is 1. The standard InChI is InChI=1S/C22H22N2O3/c1-4-15(2)16-9-11-19(12-10-16)24-21(25)18(14-23)13-17-7-5-6-8-20(17)22(26)27-3/h5-13,15H,4H2,1-3H3,(H,24,25)/b18-13+/t15-/m0/s1. The van der Waals surface area contributed by atoms with Gasteiger partial charge in [0, 0.05) is 5.69 Å². The molecule has 0 heterocycles. The zero-order chi connectivity index (χ0) is 19.8. The molecule has 0 saturated heterocycles. The van der Waals surface area contributed by atoms with Gasteiger partial charge in [0.15, 0.2) is 0 Å². The number of nitrogens with zero attached hydrogens (tertiary/aromatic N) is 1. The molecule has 27 heavy (non-hydrogen) atoms. The molecule has 0 fully saturated rings. The summed E-state index contributed by atoms with van der Waals surface area (Å²) in [4.78, 5) is 24.3. The lowest BCUT2D eigenvalue weighted by atomic mass is 9.98. The molecule has 0 aromatic heterocycles. The van der Waals surface area contributed by atoms with Crippen molar-refractivity contribution in [2.75, 3.05) is 12.4 Å². The molecular formula is C22H22N2O3. The molecule has 5 heteroatoms. The summed E-state index contributed by atoms with van der Waals surface area (Å²) in [6.45, 7) is 4.26. The number of ether oxygens (including phenoxy) is 1. The summed E-state index contributed by atoms with van der Waals surface area (Å²) >= 11 is 0. The monoisotopic (exact) mass is 362 g/mol. The number of carbonyl (C=O) groups excluding carboxylic acids is 2. The van der Waals surface area contributed by atoms with E-state index in [1.165, 1.54) is 18.7 Å². The summed E-state index contributed by atoms with van der Waals surface area (Å²) < 4.78 is 4.74. The van der Waals surface area contributed by atoms with Crippen molar-refractivity contribution in [2.45, 2.75) is 26.2 Å². The van der Waals surface area contributed by atoms with Gasteiger partial charge in [0.2, 0.25) is 0 Å². The van der Waals surface area contributed by atoms with Crippen LogP contribution in [0.4, 0.5) is 5.69 Å². The number of amides is 1. The van der Waals surface area contributed by atoms with Gasteiger partial charge in [-0.25, -0.2) is 4.79 Å². The Bertz CT molecular complexity index is 893. The fourth-order valence-electron chi connectivity index (χ4n) is 2.55. The number of hydrogen-bond acceptors (Lipinski definition) is 4. The zero-order valence-corrected chi connectivity index (χ0v) is 15.7. The van der Waals surface area contributed by atoms with Crippen LogP contribution in [0.15, 0.2) is 54.1 Å². The number of rotatable bonds is 6. The number of benzene rings is 2. The summed E-state index contributed by atoms with van der Waals surface area (Å²) in [6, 6.07) is 16.1. The molecule has 0 radical (unpaired) electrons. The van der Waals surface area contributed by atoms with E-state index in [0.717, 1.165) is 6.42 Å². The second kappa shape index (κ2) is 9.35. The van der Waals surface area contributed by atoms with Crippen molar-refractivity contribution >= 4 is 23.6 Å². The third kappa shape index (κ3) is 5.05. The molecule has 0 unspecified atom stereocenters. The molecule has 0 aliphatic heterocycles. The molecule has 0 bridgehead atoms. The van der Waals surface area contributed by atoms with Crippen LogP contribution in [0.5, 0.6) is 0 Å². The van der Waals surface area contributed by atoms with Crippen LogP contribution in [0.3, 0.4) is 0 Å². The van der Waals surface area contributed by atoms with Crippen LogP contribution in [-0.2, 0) is 9.53 Å². The van der Waals surface area contributed by atoms with Crippen molar-refractivity contribution in [3.05, 3.63) is 70.8 Å². The summed E-state index contributed by atoms with van der Waals surface area (Å²) in [7, 11) is 1.28. The van der Waals surface area contributed by atoms with Crippen LogP contribution in [0, 0.1) is 11.3 Å². The van der Waals surface area contributed by atoms with E-state index < -0.39 is 11.9 Å². The molecule has 2 rings (SSSR count). The molecule has 1 N–H and O–H groups in total. The lowest BCUT2D eigenvalue weighted by Gasteiger charge is -2.10. The Morgan fingerprint density at radius 2 is 1.85 bits per heavy atom. The topological polar surface area (TPSA) is 79.2 Å². The van der Waals surface area contributed by atoms with Gasteiger partial charge in [-0.2, -0.15) is 5.26 Å². The van der Waals surface area contributed by atoms with E-state index in [1.54, 1.807) is 24.3 Å². The average Bonchev–Trinajstić information content (AvgIpc) is 2.71. The Kier molecular flexibility index (Phi) is 6.90. The normalized spacial score (nSPS) is 12.0. The van der Waals surface area contributed by atoms with Crippen molar-refractivity contribution in [1.82, 2.24) is 0 Å². The Morgan fingerprint density at radius 1 is 1.19 bits per heavy atom. The summed E-state index contributed by atoms with van der Waals surface area (Å²) in [6.07, 6.45) is 2.42. The first-order valence-corrected chi connectivity index (χ1v) is 8.70. The molecule has 1 atom stereocenters. The minimum atomic E-state index is -0.534. The van der Waals surface area contributed by atoms with Gasteiger partial charge < -0.3 is 10.1 Å². The first kappa shape index (κ1) is 19.9. The van der Waals surface area contributed by atoms with Crippen LogP contribution < -0.4 is 5.32 Å². The molecule has 2 aromatic carbocycles. The van der Waals surface area contributed by atoms with E-state index in [-0.39, 0.29) is 5.57 Å². The Labute approximate surface area is 159 Å². The van der Waals surface area contributed by atoms with Gasteiger partial charge in [0.05, 0.1) is 12.7 Å². The van der Waals surface area contributed by atoms with Crippen LogP contribution in [-0.4, -0.2) is 19.0 Å². The zero-order valence-electron chi connectivity index (χ0n) is 15.7. The van der Waals surface area contributed by atoms with Crippen molar-refractivity contribution < 1.29 is 14.3 Å². The molecule has 138 valence electrons. The number of esters is 1. The Hall–Kier alpha value is -3.39. The molecule has 0 aliphatic carbocycles. The van der Waals surface area contributed by atoms with E-state index >= 15 is 0 Å². The highest BCUT2D eigenvalue weighted by atomic mass is 16.5. The van der Waals surface area contributed by atoms with Gasteiger partial charge >= 0.3 is 5.97 Å². The summed E-state index contributed by atoms with van der Waals surface area (Å²) in [5, 5.41) is 12.1. The number of carbonyl (C=O) groups is 2. The lowest BCUT2D eigenvalue weighted by Crippen LogP contribution is -2.14. The molecular weight excluding hydrogens is 340 g/mol. The van der Waals surface area contributed by atoms with Gasteiger partial charge in [-0.3, -0.25) is 4.79 Å². The third-order valence-corrected chi connectivity index (χ3v) is 4.38. The number of methoxy groups -OCH3 is 1. The van der Waals surface area contributed by atoms with Crippen LogP contribution in [0.25, 0.3) is 6.08 Å². The second-order valence-electron chi connectivity index (χ2n) is 6.13. The predicted octanol–water partition coefficient (Wildman–Crippen LogP) is 4.53. The van der Waals surface area contributed by atoms with Crippen molar-refractivity contribution in [3.8, 4) is 6.07 Å². The molecule has 2 aromatic rings. The largest absolute Gasteiger partial charge is 0.465 e. The first-order chi connectivity index (χ1) is 13.0. The van der Waals surface area contributed by atoms with Gasteiger partial charge in [-0.05, 0) is 47.7 Å². The van der Waals surface area contributed by atoms with Crippen LogP contribution in [0.2, 0.25) is 0 Å². The number of nitriles is 1.